The number of para-hydroxylation sites is 3. The number of benzene rings is 3. The van der Waals surface area contributed by atoms with E-state index in [4.69, 9.17) is 0 Å². The second kappa shape index (κ2) is 7.36. The number of likely N-dealkylation sites (tertiary alicyclic amines) is 3. The molecule has 9 rings (SSSR count). The van der Waals surface area contributed by atoms with Crippen molar-refractivity contribution in [1.82, 2.24) is 14.7 Å². The van der Waals surface area contributed by atoms with Crippen LogP contribution in [0.25, 0.3) is 0 Å². The molecule has 6 aliphatic rings. The molecule has 0 aromatic heterocycles. The van der Waals surface area contributed by atoms with Crippen LogP contribution >= 0.6 is 0 Å². The first-order valence-corrected chi connectivity index (χ1v) is 14.8. The van der Waals surface area contributed by atoms with E-state index < -0.39 is 0 Å². The standard InChI is InChI=1S/C33H38N6/c1-37-18-15-31(21-9-4-6-13-25(21)34-28(31)37)23-11-8-12-24-27(23)36-30-33(24,17-20-39(30)3)32-16-19-38(2)29(32)35-26-14-7-5-10-22(26)32/h4-14,28-30,34-36H,15-20H2,1-3H3/t28-,29+,30-,31-,32-,33+/m0/s1. The minimum Gasteiger partial charge on any atom is -0.369 e. The summed E-state index contributed by atoms with van der Waals surface area (Å²) in [7, 11) is 6.93. The van der Waals surface area contributed by atoms with Gasteiger partial charge in [-0.2, -0.15) is 0 Å². The number of fused-ring (bicyclic) bond motifs is 10. The average molecular weight is 519 g/mol. The number of nitrogens with one attached hydrogen (secondary N) is 3. The highest BCUT2D eigenvalue weighted by atomic mass is 15.4. The van der Waals surface area contributed by atoms with Crippen LogP contribution in [0, 0.1) is 0 Å². The molecule has 3 aromatic carbocycles. The summed E-state index contributed by atoms with van der Waals surface area (Å²) < 4.78 is 0. The number of hydrogen-bond acceptors (Lipinski definition) is 6. The Labute approximate surface area is 231 Å². The van der Waals surface area contributed by atoms with E-state index in [0.29, 0.717) is 6.17 Å². The fraction of sp³-hybridized carbons (Fsp3) is 0.455. The van der Waals surface area contributed by atoms with Crippen LogP contribution in [0.5, 0.6) is 0 Å². The first kappa shape index (κ1) is 22.7. The third kappa shape index (κ3) is 2.39. The topological polar surface area (TPSA) is 45.8 Å². The summed E-state index contributed by atoms with van der Waals surface area (Å²) in [5.41, 5.74) is 9.96. The number of rotatable bonds is 2. The zero-order chi connectivity index (χ0) is 26.1. The predicted octanol–water partition coefficient (Wildman–Crippen LogP) is 4.41. The van der Waals surface area contributed by atoms with Gasteiger partial charge in [0.15, 0.2) is 0 Å². The monoisotopic (exact) mass is 518 g/mol. The van der Waals surface area contributed by atoms with Crippen LogP contribution in [-0.2, 0) is 16.2 Å². The maximum Gasteiger partial charge on any atom is 0.0933 e. The van der Waals surface area contributed by atoms with Gasteiger partial charge >= 0.3 is 0 Å². The third-order valence-corrected chi connectivity index (χ3v) is 11.8. The van der Waals surface area contributed by atoms with Gasteiger partial charge in [0, 0.05) is 47.5 Å². The molecule has 6 heterocycles. The van der Waals surface area contributed by atoms with Crippen LogP contribution in [0.1, 0.15) is 41.5 Å². The Hall–Kier alpha value is -3.06. The molecule has 6 heteroatoms. The molecule has 39 heavy (non-hydrogen) atoms. The summed E-state index contributed by atoms with van der Waals surface area (Å²) in [4.78, 5) is 7.70. The summed E-state index contributed by atoms with van der Waals surface area (Å²) >= 11 is 0. The van der Waals surface area contributed by atoms with Gasteiger partial charge in [-0.3, -0.25) is 14.7 Å². The maximum atomic E-state index is 4.25. The summed E-state index contributed by atoms with van der Waals surface area (Å²) in [6.07, 6.45) is 4.32. The van der Waals surface area contributed by atoms with Crippen molar-refractivity contribution in [1.29, 1.82) is 0 Å². The lowest BCUT2D eigenvalue weighted by Gasteiger charge is -2.48. The predicted molar refractivity (Wildman–Crippen MR) is 157 cm³/mol. The Kier molecular flexibility index (Phi) is 4.29. The van der Waals surface area contributed by atoms with Crippen LogP contribution in [0.2, 0.25) is 0 Å². The second-order valence-corrected chi connectivity index (χ2v) is 13.1. The molecule has 3 aromatic rings. The highest BCUT2D eigenvalue weighted by Gasteiger charge is 2.71. The summed E-state index contributed by atoms with van der Waals surface area (Å²) in [6, 6.07) is 25.5. The van der Waals surface area contributed by atoms with Crippen molar-refractivity contribution in [2.45, 2.75) is 54.0 Å². The molecule has 3 N–H and O–H groups in total. The van der Waals surface area contributed by atoms with Crippen LogP contribution in [-0.4, -0.2) is 74.0 Å². The van der Waals surface area contributed by atoms with Crippen molar-refractivity contribution in [3.63, 3.8) is 0 Å². The van der Waals surface area contributed by atoms with Gasteiger partial charge in [0.25, 0.3) is 0 Å². The van der Waals surface area contributed by atoms with Crippen molar-refractivity contribution >= 4 is 17.1 Å². The van der Waals surface area contributed by atoms with Crippen molar-refractivity contribution in [2.75, 3.05) is 56.7 Å². The van der Waals surface area contributed by atoms with Gasteiger partial charge in [0.05, 0.1) is 23.9 Å². The highest BCUT2D eigenvalue weighted by molar-refractivity contribution is 5.78. The largest absolute Gasteiger partial charge is 0.369 e. The van der Waals surface area contributed by atoms with Crippen molar-refractivity contribution in [2.24, 2.45) is 0 Å². The van der Waals surface area contributed by atoms with E-state index in [9.17, 15) is 0 Å². The SMILES string of the molecule is CN1CC[C@]2([C@@]34CCN(C)[C@@H]3Nc3c([C@@]56CCN(C)[C@@H]5Nc5ccccc56)cccc34)c3ccccc3N[C@H]12. The van der Waals surface area contributed by atoms with Crippen LogP contribution < -0.4 is 16.0 Å². The lowest BCUT2D eigenvalue weighted by atomic mass is 9.54. The first-order chi connectivity index (χ1) is 19.0. The van der Waals surface area contributed by atoms with E-state index in [-0.39, 0.29) is 28.6 Å². The normalized spacial score (nSPS) is 37.9. The zero-order valence-corrected chi connectivity index (χ0v) is 23.2. The van der Waals surface area contributed by atoms with Gasteiger partial charge in [-0.1, -0.05) is 54.6 Å². The Bertz CT molecular complexity index is 1520. The van der Waals surface area contributed by atoms with Gasteiger partial charge in [-0.15, -0.1) is 0 Å². The zero-order valence-electron chi connectivity index (χ0n) is 23.2. The van der Waals surface area contributed by atoms with Gasteiger partial charge in [0.1, 0.15) is 0 Å². The Balaban J connectivity index is 1.31. The van der Waals surface area contributed by atoms with E-state index in [0.717, 1.165) is 26.1 Å². The first-order valence-electron chi connectivity index (χ1n) is 14.8. The lowest BCUT2D eigenvalue weighted by Crippen LogP contribution is -2.60. The summed E-state index contributed by atoms with van der Waals surface area (Å²) in [5.74, 6) is 0. The minimum atomic E-state index is -0.0581. The average Bonchev–Trinajstić information content (AvgIpc) is 3.76. The molecular weight excluding hydrogens is 480 g/mol. The molecule has 0 radical (unpaired) electrons. The quantitative estimate of drug-likeness (QED) is 0.467. The molecule has 3 fully saturated rings. The minimum absolute atomic E-state index is 0.00961. The van der Waals surface area contributed by atoms with Crippen LogP contribution in [0.3, 0.4) is 0 Å². The molecule has 0 spiro atoms. The van der Waals surface area contributed by atoms with Crippen LogP contribution in [0.4, 0.5) is 17.1 Å². The van der Waals surface area contributed by atoms with E-state index in [1.54, 1.807) is 5.56 Å². The summed E-state index contributed by atoms with van der Waals surface area (Å²) in [6.45, 7) is 3.33. The number of likely N-dealkylation sites (N-methyl/N-ethyl adjacent to an activating group) is 3. The highest BCUT2D eigenvalue weighted by Crippen LogP contribution is 2.67. The van der Waals surface area contributed by atoms with Gasteiger partial charge in [0.2, 0.25) is 0 Å². The third-order valence-electron chi connectivity index (χ3n) is 11.8. The van der Waals surface area contributed by atoms with Crippen molar-refractivity contribution in [3.8, 4) is 0 Å². The molecule has 0 amide bonds. The van der Waals surface area contributed by atoms with E-state index in [1.165, 1.54) is 46.6 Å². The Morgan fingerprint density at radius 2 is 1.05 bits per heavy atom. The molecule has 6 atom stereocenters. The van der Waals surface area contributed by atoms with Crippen LogP contribution in [0.15, 0.2) is 66.7 Å². The molecule has 3 saturated heterocycles. The molecule has 0 bridgehead atoms. The van der Waals surface area contributed by atoms with Gasteiger partial charge in [-0.25, -0.2) is 0 Å². The molecule has 6 nitrogen and oxygen atoms in total. The fourth-order valence-corrected chi connectivity index (χ4v) is 10.3. The number of nitrogens with zero attached hydrogens (tertiary/aromatic N) is 3. The number of hydrogen-bond donors (Lipinski definition) is 3. The molecule has 200 valence electrons. The van der Waals surface area contributed by atoms with E-state index >= 15 is 0 Å². The Morgan fingerprint density at radius 3 is 1.82 bits per heavy atom. The van der Waals surface area contributed by atoms with Gasteiger partial charge in [-0.05, 0) is 74.8 Å². The second-order valence-electron chi connectivity index (χ2n) is 13.1. The smallest absolute Gasteiger partial charge is 0.0933 e. The molecule has 6 aliphatic heterocycles. The fourth-order valence-electron chi connectivity index (χ4n) is 10.3. The van der Waals surface area contributed by atoms with E-state index in [2.05, 4.69) is 119 Å². The maximum absolute atomic E-state index is 4.25. The summed E-state index contributed by atoms with van der Waals surface area (Å²) in [5, 5.41) is 12.2. The van der Waals surface area contributed by atoms with Gasteiger partial charge < -0.3 is 16.0 Å². The molecular formula is C33H38N6. The molecule has 0 aliphatic carbocycles. The molecule has 0 saturated carbocycles. The molecule has 0 unspecified atom stereocenters. The van der Waals surface area contributed by atoms with Crippen molar-refractivity contribution in [3.05, 3.63) is 89.0 Å². The lowest BCUT2D eigenvalue weighted by molar-refractivity contribution is 0.147. The number of anilines is 3. The Morgan fingerprint density at radius 1 is 0.538 bits per heavy atom. The van der Waals surface area contributed by atoms with E-state index in [1.807, 2.05) is 0 Å². The van der Waals surface area contributed by atoms with Crippen molar-refractivity contribution < 1.29 is 0 Å².